The first-order chi connectivity index (χ1) is 12.3. The van der Waals surface area contributed by atoms with Crippen molar-refractivity contribution in [1.82, 2.24) is 0 Å². The Balaban J connectivity index is 1.70. The average molecular weight is 375 g/mol. The minimum Gasteiger partial charge on any atom is -0.377 e. The van der Waals surface area contributed by atoms with Crippen molar-refractivity contribution in [1.29, 1.82) is 0 Å². The maximum Gasteiger partial charge on any atom is 0.236 e. The first-order valence-corrected chi connectivity index (χ1v) is 10.4. The summed E-state index contributed by atoms with van der Waals surface area (Å²) in [6, 6.07) is 15.1. The second-order valence-corrected chi connectivity index (χ2v) is 9.14. The van der Waals surface area contributed by atoms with Crippen LogP contribution in [0.25, 0.3) is 0 Å². The maximum absolute atomic E-state index is 12.4. The van der Waals surface area contributed by atoms with Gasteiger partial charge in [-0.15, -0.1) is 0 Å². The zero-order valence-corrected chi connectivity index (χ0v) is 16.3. The predicted octanol–water partition coefficient (Wildman–Crippen LogP) is 3.55. The van der Waals surface area contributed by atoms with E-state index in [-0.39, 0.29) is 11.3 Å². The van der Waals surface area contributed by atoms with E-state index in [0.717, 1.165) is 23.4 Å². The highest BCUT2D eigenvalue weighted by atomic mass is 32.2. The van der Waals surface area contributed by atoms with Gasteiger partial charge in [0, 0.05) is 17.9 Å². The quantitative estimate of drug-likeness (QED) is 0.869. The van der Waals surface area contributed by atoms with Gasteiger partial charge in [-0.25, -0.2) is 8.42 Å². The maximum atomic E-state index is 12.4. The van der Waals surface area contributed by atoms with E-state index in [1.807, 2.05) is 55.5 Å². The van der Waals surface area contributed by atoms with Crippen LogP contribution in [-0.4, -0.2) is 33.7 Å². The highest BCUT2D eigenvalue weighted by Crippen LogP contribution is 2.28. The number of anilines is 2. The van der Waals surface area contributed by atoms with Crippen molar-refractivity contribution >= 4 is 21.4 Å². The first-order valence-electron chi connectivity index (χ1n) is 8.77. The molecule has 0 unspecified atom stereocenters. The van der Waals surface area contributed by atoms with Gasteiger partial charge in [0.25, 0.3) is 0 Å². The largest absolute Gasteiger partial charge is 0.377 e. The summed E-state index contributed by atoms with van der Waals surface area (Å²) in [5.74, 6) is -0.0348. The van der Waals surface area contributed by atoms with Gasteiger partial charge in [0.15, 0.2) is 0 Å². The molecule has 1 saturated heterocycles. The van der Waals surface area contributed by atoms with Gasteiger partial charge < -0.3 is 9.64 Å². The summed E-state index contributed by atoms with van der Waals surface area (Å²) in [5.41, 5.74) is 3.40. The van der Waals surface area contributed by atoms with Crippen LogP contribution in [0.3, 0.4) is 0 Å². The molecule has 0 atom stereocenters. The molecular weight excluding hydrogens is 348 g/mol. The molecule has 2 aromatic rings. The topological polar surface area (TPSA) is 58.6 Å². The molecule has 6 heteroatoms. The fourth-order valence-corrected chi connectivity index (χ4v) is 4.47. The minimum atomic E-state index is -3.45. The molecule has 140 valence electrons. The van der Waals surface area contributed by atoms with E-state index < -0.39 is 10.0 Å². The Bertz CT molecular complexity index is 861. The van der Waals surface area contributed by atoms with Gasteiger partial charge in [-0.2, -0.15) is 0 Å². The number of nitrogens with one attached hydrogen (secondary N) is 1. The number of sulfonamides is 1. The Morgan fingerprint density at radius 2 is 1.88 bits per heavy atom. The van der Waals surface area contributed by atoms with E-state index in [0.29, 0.717) is 18.9 Å². The molecule has 5 nitrogen and oxygen atoms in total. The van der Waals surface area contributed by atoms with E-state index in [9.17, 15) is 8.42 Å². The van der Waals surface area contributed by atoms with Crippen LogP contribution < -0.4 is 9.62 Å². The monoisotopic (exact) mass is 374 g/mol. The van der Waals surface area contributed by atoms with E-state index in [4.69, 9.17) is 4.74 Å². The van der Waals surface area contributed by atoms with Gasteiger partial charge in [-0.05, 0) is 50.6 Å². The number of morpholine rings is 1. The minimum absolute atomic E-state index is 0.0348. The normalized spacial score (nSPS) is 17.1. The lowest BCUT2D eigenvalue weighted by atomic mass is 10.0. The lowest BCUT2D eigenvalue weighted by molar-refractivity contribution is 0.0644. The Morgan fingerprint density at radius 1 is 1.15 bits per heavy atom. The number of aryl methyl sites for hydroxylation is 1. The fourth-order valence-electron chi connectivity index (χ4n) is 3.28. The van der Waals surface area contributed by atoms with Crippen LogP contribution in [0.5, 0.6) is 0 Å². The van der Waals surface area contributed by atoms with Crippen LogP contribution in [0.4, 0.5) is 11.4 Å². The molecule has 0 radical (unpaired) electrons. The Hall–Kier alpha value is -2.05. The molecule has 0 saturated carbocycles. The van der Waals surface area contributed by atoms with Crippen LogP contribution in [0, 0.1) is 6.92 Å². The molecule has 0 bridgehead atoms. The molecule has 1 fully saturated rings. The molecular formula is C20H26N2O3S. The van der Waals surface area contributed by atoms with Crippen LogP contribution >= 0.6 is 0 Å². The summed E-state index contributed by atoms with van der Waals surface area (Å²) in [4.78, 5) is 2.29. The van der Waals surface area contributed by atoms with E-state index in [2.05, 4.69) is 23.5 Å². The molecule has 26 heavy (non-hydrogen) atoms. The highest BCUT2D eigenvalue weighted by molar-refractivity contribution is 7.91. The van der Waals surface area contributed by atoms with Crippen molar-refractivity contribution in [3.63, 3.8) is 0 Å². The number of hydrogen-bond acceptors (Lipinski definition) is 4. The van der Waals surface area contributed by atoms with Crippen LogP contribution in [0.1, 0.15) is 25.0 Å². The van der Waals surface area contributed by atoms with Crippen LogP contribution in [0.15, 0.2) is 48.5 Å². The third-order valence-corrected chi connectivity index (χ3v) is 5.80. The lowest BCUT2D eigenvalue weighted by Gasteiger charge is -2.43. The molecule has 0 spiro atoms. The Morgan fingerprint density at radius 3 is 2.54 bits per heavy atom. The zero-order valence-electron chi connectivity index (χ0n) is 15.5. The van der Waals surface area contributed by atoms with E-state index in [1.54, 1.807) is 0 Å². The molecule has 1 N–H and O–H groups in total. The first kappa shape index (κ1) is 18.7. The van der Waals surface area contributed by atoms with Crippen molar-refractivity contribution < 1.29 is 13.2 Å². The van der Waals surface area contributed by atoms with Crippen molar-refractivity contribution in [2.75, 3.05) is 29.4 Å². The molecule has 0 amide bonds. The van der Waals surface area contributed by atoms with Gasteiger partial charge in [0.2, 0.25) is 10.0 Å². The molecule has 1 aliphatic heterocycles. The molecule has 3 rings (SSSR count). The van der Waals surface area contributed by atoms with Gasteiger partial charge in [0.1, 0.15) is 0 Å². The summed E-state index contributed by atoms with van der Waals surface area (Å²) in [6.45, 7) is 8.45. The van der Waals surface area contributed by atoms with E-state index >= 15 is 0 Å². The summed E-state index contributed by atoms with van der Waals surface area (Å²) in [6.07, 6.45) is 0. The number of rotatable bonds is 5. The molecule has 1 aliphatic rings. The molecule has 1 heterocycles. The van der Waals surface area contributed by atoms with Gasteiger partial charge >= 0.3 is 0 Å². The Kier molecular flexibility index (Phi) is 5.25. The van der Waals surface area contributed by atoms with E-state index in [1.165, 1.54) is 0 Å². The van der Waals surface area contributed by atoms with Crippen LogP contribution in [0.2, 0.25) is 0 Å². The number of ether oxygens (including phenoxy) is 1. The second kappa shape index (κ2) is 7.29. The number of benzene rings is 2. The molecule has 0 aromatic heterocycles. The fraction of sp³-hybridized carbons (Fsp3) is 0.400. The van der Waals surface area contributed by atoms with Gasteiger partial charge in [-0.1, -0.05) is 29.8 Å². The second-order valence-electron chi connectivity index (χ2n) is 7.41. The summed E-state index contributed by atoms with van der Waals surface area (Å²) < 4.78 is 33.1. The third-order valence-electron chi connectivity index (χ3n) is 4.54. The lowest BCUT2D eigenvalue weighted by Crippen LogP contribution is -2.53. The zero-order chi connectivity index (χ0) is 18.8. The van der Waals surface area contributed by atoms with Crippen LogP contribution in [-0.2, 0) is 20.5 Å². The third kappa shape index (κ3) is 4.56. The smallest absolute Gasteiger partial charge is 0.236 e. The molecule has 0 aliphatic carbocycles. The Labute approximate surface area is 156 Å². The highest BCUT2D eigenvalue weighted by Gasteiger charge is 2.30. The van der Waals surface area contributed by atoms with Crippen molar-refractivity contribution in [3.8, 4) is 0 Å². The number of hydrogen-bond donors (Lipinski definition) is 1. The number of nitrogens with zero attached hydrogens (tertiary/aromatic N) is 1. The SMILES string of the molecule is Cc1cccc(CS(=O)(=O)Nc2ccc(N3CCOCC3(C)C)cc2)c1. The average Bonchev–Trinajstić information content (AvgIpc) is 2.54. The summed E-state index contributed by atoms with van der Waals surface area (Å²) >= 11 is 0. The standard InChI is InChI=1S/C20H26N2O3S/c1-16-5-4-6-17(13-16)14-26(23,24)21-18-7-9-19(10-8-18)22-11-12-25-15-20(22,2)3/h4-10,13,21H,11-12,14-15H2,1-3H3. The molecule has 2 aromatic carbocycles. The summed E-state index contributed by atoms with van der Waals surface area (Å²) in [7, 11) is -3.45. The summed E-state index contributed by atoms with van der Waals surface area (Å²) in [5, 5.41) is 0. The van der Waals surface area contributed by atoms with Gasteiger partial charge in [-0.3, -0.25) is 4.72 Å². The van der Waals surface area contributed by atoms with Gasteiger partial charge in [0.05, 0.1) is 24.5 Å². The predicted molar refractivity (Wildman–Crippen MR) is 106 cm³/mol. The van der Waals surface area contributed by atoms with Crippen molar-refractivity contribution in [3.05, 3.63) is 59.7 Å². The van der Waals surface area contributed by atoms with Crippen molar-refractivity contribution in [2.24, 2.45) is 0 Å². The van der Waals surface area contributed by atoms with Crippen molar-refractivity contribution in [2.45, 2.75) is 32.1 Å².